The fraction of sp³-hybridized carbons (Fsp3) is 0.278. The van der Waals surface area contributed by atoms with Gasteiger partial charge in [-0.25, -0.2) is 17.4 Å². The molecule has 0 spiro atoms. The summed E-state index contributed by atoms with van der Waals surface area (Å²) in [4.78, 5) is 12.7. The Kier molecular flexibility index (Phi) is 13.2. The van der Waals surface area contributed by atoms with Gasteiger partial charge in [0.1, 0.15) is 11.6 Å². The topological polar surface area (TPSA) is 70.5 Å². The van der Waals surface area contributed by atoms with Crippen molar-refractivity contribution in [3.8, 4) is 0 Å². The van der Waals surface area contributed by atoms with Crippen molar-refractivity contribution in [2.24, 2.45) is 0 Å². The van der Waals surface area contributed by atoms with E-state index in [-0.39, 0.29) is 0 Å². The van der Waals surface area contributed by atoms with Crippen LogP contribution in [0.5, 0.6) is 0 Å². The van der Waals surface area contributed by atoms with Crippen molar-refractivity contribution in [2.45, 2.75) is 20.8 Å². The van der Waals surface area contributed by atoms with E-state index in [4.69, 9.17) is 15.8 Å². The summed E-state index contributed by atoms with van der Waals surface area (Å²) >= 11 is 1.82. The fourth-order valence-electron chi connectivity index (χ4n) is 2.07. The van der Waals surface area contributed by atoms with Gasteiger partial charge in [0.25, 0.3) is 0 Å². The molecular formula is C18H25ClN7Ru-4. The molecule has 151 valence electrons. The average Bonchev–Trinajstić information content (AvgIpc) is 3.26. The molecule has 2 aliphatic heterocycles. The first-order valence-corrected chi connectivity index (χ1v) is 10.2. The second-order valence-corrected chi connectivity index (χ2v) is 5.35. The van der Waals surface area contributed by atoms with Crippen LogP contribution in [0.25, 0.3) is 10.8 Å². The van der Waals surface area contributed by atoms with Gasteiger partial charge in [0.2, 0.25) is 0 Å². The fourth-order valence-corrected chi connectivity index (χ4v) is 2.07. The Morgan fingerprint density at radius 3 is 1.48 bits per heavy atom. The quantitative estimate of drug-likeness (QED) is 0.366. The van der Waals surface area contributed by atoms with Gasteiger partial charge >= 0.3 is 27.0 Å². The molecule has 0 unspecified atom stereocenters. The van der Waals surface area contributed by atoms with Crippen LogP contribution in [0.2, 0.25) is 0 Å². The number of hydrogen-bond donors (Lipinski definition) is 0. The molecule has 0 amide bonds. The molecule has 0 saturated carbocycles. The van der Waals surface area contributed by atoms with Gasteiger partial charge in [0.15, 0.2) is 0 Å². The number of aryl methyl sites for hydroxylation is 1. The van der Waals surface area contributed by atoms with E-state index in [1.165, 1.54) is 5.56 Å². The standard InChI is InChI=1S/C14H17N5.2C2H4N.ClH.Ru/c1-12-8-13(18-6-4-16(2)10-18)15-14(9-12)19-7-5-17(3)11-19;2*1-2-3;;/h4-11H,1-3H3;2*2H,1H3;1H;/q-2;2*-1;;+1/p-1. The molecule has 0 N–H and O–H groups in total. The second-order valence-electron chi connectivity index (χ2n) is 5.35. The summed E-state index contributed by atoms with van der Waals surface area (Å²) in [5, 5.41) is 14.9. The van der Waals surface area contributed by atoms with Crippen molar-refractivity contribution >= 4 is 33.8 Å². The molecule has 1 aromatic heterocycles. The summed E-state index contributed by atoms with van der Waals surface area (Å²) in [5.74, 6) is 1.85. The number of rotatable bonds is 2. The van der Waals surface area contributed by atoms with Crippen LogP contribution in [-0.2, 0) is 17.3 Å². The van der Waals surface area contributed by atoms with E-state index in [1.807, 2.05) is 89.1 Å². The molecule has 0 bridgehead atoms. The number of aromatic nitrogens is 1. The monoisotopic (exact) mass is 476 g/mol. The maximum atomic E-state index is 7.44. The molecule has 7 nitrogen and oxygen atoms in total. The van der Waals surface area contributed by atoms with Crippen LogP contribution in [0, 0.1) is 20.3 Å². The van der Waals surface area contributed by atoms with E-state index >= 15 is 0 Å². The van der Waals surface area contributed by atoms with Gasteiger partial charge in [0.05, 0.1) is 0 Å². The van der Waals surface area contributed by atoms with Gasteiger partial charge in [-0.15, -0.1) is 13.3 Å². The van der Waals surface area contributed by atoms with E-state index < -0.39 is 0 Å². The van der Waals surface area contributed by atoms with E-state index in [2.05, 4.69) is 28.7 Å². The molecule has 0 aromatic carbocycles. The van der Waals surface area contributed by atoms with Crippen LogP contribution >= 0.6 is 9.69 Å². The third-order valence-corrected chi connectivity index (χ3v) is 3.01. The number of halogens is 1. The zero-order valence-electron chi connectivity index (χ0n) is 16.1. The van der Waals surface area contributed by atoms with Gasteiger partial charge in [-0.05, 0) is 63.5 Å². The predicted octanol–water partition coefficient (Wildman–Crippen LogP) is 4.05. The Labute approximate surface area is 177 Å². The molecule has 0 fully saturated rings. The molecule has 1 aromatic rings. The van der Waals surface area contributed by atoms with Crippen LogP contribution in [0.4, 0.5) is 11.6 Å². The molecule has 0 saturated heterocycles. The number of anilines is 2. The van der Waals surface area contributed by atoms with Crippen LogP contribution < -0.4 is 9.80 Å². The molecule has 3 heterocycles. The molecule has 9 heteroatoms. The van der Waals surface area contributed by atoms with Crippen molar-refractivity contribution in [1.82, 2.24) is 14.8 Å². The molecule has 0 aliphatic carbocycles. The van der Waals surface area contributed by atoms with Gasteiger partial charge in [-0.1, -0.05) is 13.8 Å². The van der Waals surface area contributed by atoms with Gasteiger partial charge < -0.3 is 30.4 Å². The van der Waals surface area contributed by atoms with Crippen LogP contribution in [0.15, 0.2) is 36.9 Å². The van der Waals surface area contributed by atoms with Crippen LogP contribution in [0.3, 0.4) is 0 Å². The Balaban J connectivity index is 0.000000736. The summed E-state index contributed by atoms with van der Waals surface area (Å²) in [6.45, 7) is 9.20. The van der Waals surface area contributed by atoms with Gasteiger partial charge in [-0.2, -0.15) is 0 Å². The Morgan fingerprint density at radius 2 is 1.22 bits per heavy atom. The van der Waals surface area contributed by atoms with Crippen molar-refractivity contribution in [3.63, 3.8) is 0 Å². The Morgan fingerprint density at radius 1 is 0.889 bits per heavy atom. The predicted molar refractivity (Wildman–Crippen MR) is 112 cm³/mol. The van der Waals surface area contributed by atoms with Crippen molar-refractivity contribution < 1.29 is 17.3 Å². The molecule has 0 atom stereocenters. The van der Waals surface area contributed by atoms with E-state index in [1.54, 1.807) is 13.8 Å². The molecular weight excluding hydrogens is 451 g/mol. The summed E-state index contributed by atoms with van der Waals surface area (Å²) in [5.41, 5.74) is 1.19. The van der Waals surface area contributed by atoms with Crippen LogP contribution in [-0.4, -0.2) is 41.3 Å². The average molecular weight is 476 g/mol. The summed E-state index contributed by atoms with van der Waals surface area (Å²) in [6.07, 6.45) is 10.0. The number of hydrogen-bond acceptors (Lipinski definition) is 5. The zero-order chi connectivity index (χ0) is 20.8. The van der Waals surface area contributed by atoms with E-state index in [9.17, 15) is 0 Å². The third kappa shape index (κ3) is 9.02. The summed E-state index contributed by atoms with van der Waals surface area (Å²) in [7, 11) is 8.57. The first-order valence-electron chi connectivity index (χ1n) is 7.98. The Hall–Kier alpha value is -1.92. The first-order chi connectivity index (χ1) is 12.9. The zero-order valence-corrected chi connectivity index (χ0v) is 18.6. The summed E-state index contributed by atoms with van der Waals surface area (Å²) < 4.78 is 0. The third-order valence-electron chi connectivity index (χ3n) is 3.01. The number of pyridine rings is 1. The van der Waals surface area contributed by atoms with E-state index in [0.29, 0.717) is 0 Å². The first kappa shape index (κ1) is 25.1. The molecule has 2 aliphatic rings. The Bertz CT molecular complexity index is 586. The normalized spacial score (nSPS) is 13.9. The van der Waals surface area contributed by atoms with Crippen molar-refractivity contribution in [1.29, 1.82) is 0 Å². The van der Waals surface area contributed by atoms with E-state index in [0.717, 1.165) is 24.1 Å². The van der Waals surface area contributed by atoms with Gasteiger partial charge in [0, 0.05) is 0 Å². The summed E-state index contributed by atoms with van der Waals surface area (Å²) in [6, 6.07) is 4.15. The molecule has 27 heavy (non-hydrogen) atoms. The minimum atomic E-state index is 0.923. The van der Waals surface area contributed by atoms with Crippen molar-refractivity contribution in [3.05, 3.63) is 66.7 Å². The second kappa shape index (κ2) is 14.2. The molecule has 3 rings (SSSR count). The number of nitrogens with zero attached hydrogens (tertiary/aromatic N) is 7. The van der Waals surface area contributed by atoms with Crippen LogP contribution in [0.1, 0.15) is 19.4 Å². The maximum absolute atomic E-state index is 7.44. The SMILES string of the molecule is CC=[N-].CC=[N-].Cc1cc(N2C=CN(C)[CH-]2)nc(N2C=CN(C)[CH-]2)c1.[Cl][Ru]. The minimum absolute atomic E-state index is 0.923. The van der Waals surface area contributed by atoms with Gasteiger partial charge in [-0.3, -0.25) is 0 Å². The van der Waals surface area contributed by atoms with Crippen molar-refractivity contribution in [2.75, 3.05) is 23.9 Å². The molecule has 0 radical (unpaired) electrons.